The number of hydrogen-bond donors (Lipinski definition) is 3. The number of alkyl halides is 3. The number of halogens is 3. The van der Waals surface area contributed by atoms with Crippen molar-refractivity contribution in [2.24, 2.45) is 0 Å². The molecule has 3 N–H and O–H groups in total. The molecule has 1 atom stereocenters. The van der Waals surface area contributed by atoms with E-state index in [1.165, 1.54) is 11.3 Å². The van der Waals surface area contributed by atoms with Gasteiger partial charge in [-0.15, -0.1) is 11.3 Å². The molecule has 0 saturated heterocycles. The lowest BCUT2D eigenvalue weighted by Crippen LogP contribution is -2.25. The zero-order valence-electron chi connectivity index (χ0n) is 19.9. The third-order valence-corrected chi connectivity index (χ3v) is 7.13. The van der Waals surface area contributed by atoms with Crippen molar-refractivity contribution in [3.05, 3.63) is 76.6 Å². The second-order valence-electron chi connectivity index (χ2n) is 8.87. The lowest BCUT2D eigenvalue weighted by Gasteiger charge is -2.25. The third-order valence-electron chi connectivity index (χ3n) is 5.92. The molecule has 0 saturated carbocycles. The number of carboxylic acids is 1. The van der Waals surface area contributed by atoms with Crippen LogP contribution in [0.4, 0.5) is 24.8 Å². The Morgan fingerprint density at radius 3 is 2.73 bits per heavy atom. The summed E-state index contributed by atoms with van der Waals surface area (Å²) in [5, 5.41) is 24.0. The first-order valence-electron chi connectivity index (χ1n) is 11.6. The third kappa shape index (κ3) is 6.60. The molecule has 1 aliphatic carbocycles. The van der Waals surface area contributed by atoms with Gasteiger partial charge in [0.2, 0.25) is 0 Å². The molecule has 1 unspecified atom stereocenters. The Morgan fingerprint density at radius 2 is 1.97 bits per heavy atom. The first kappa shape index (κ1) is 26.5. The van der Waals surface area contributed by atoms with Gasteiger partial charge in [-0.3, -0.25) is 0 Å². The van der Waals surface area contributed by atoms with Gasteiger partial charge in [0.25, 0.3) is 0 Å². The number of aryl methyl sites for hydroxylation is 1. The summed E-state index contributed by atoms with van der Waals surface area (Å²) < 4.78 is 39.2. The van der Waals surface area contributed by atoms with Crippen LogP contribution >= 0.6 is 11.3 Å². The van der Waals surface area contributed by atoms with Crippen molar-refractivity contribution in [1.29, 1.82) is 0 Å². The number of allylic oxidation sites excluding steroid dienone is 2. The summed E-state index contributed by atoms with van der Waals surface area (Å²) in [5.41, 5.74) is -0.288. The maximum absolute atomic E-state index is 13.1. The molecular weight excluding hydrogens is 505 g/mol. The number of nitrogens with zero attached hydrogens (tertiary/aromatic N) is 3. The van der Waals surface area contributed by atoms with E-state index in [0.717, 1.165) is 23.9 Å². The Balaban J connectivity index is 1.57. The monoisotopic (exact) mass is 530 g/mol. The van der Waals surface area contributed by atoms with Crippen LogP contribution in [0, 0.1) is 6.92 Å². The lowest BCUT2D eigenvalue weighted by molar-refractivity contribution is -0.137. The lowest BCUT2D eigenvalue weighted by atomic mass is 9.91. The van der Waals surface area contributed by atoms with Crippen LogP contribution in [0.3, 0.4) is 0 Å². The van der Waals surface area contributed by atoms with Crippen molar-refractivity contribution in [3.8, 4) is 10.6 Å². The zero-order valence-corrected chi connectivity index (χ0v) is 20.7. The van der Waals surface area contributed by atoms with Gasteiger partial charge in [0.15, 0.2) is 0 Å². The van der Waals surface area contributed by atoms with Crippen LogP contribution in [-0.4, -0.2) is 31.1 Å². The summed E-state index contributed by atoms with van der Waals surface area (Å²) in [6.45, 7) is 1.84. The van der Waals surface area contributed by atoms with E-state index in [2.05, 4.69) is 20.3 Å². The maximum Gasteiger partial charge on any atom is 0.416 e. The molecule has 37 heavy (non-hydrogen) atoms. The molecule has 0 fully saturated rings. The number of pyridine rings is 2. The molecule has 4 rings (SSSR count). The van der Waals surface area contributed by atoms with Crippen LogP contribution in [0.5, 0.6) is 0 Å². The molecule has 0 radical (unpaired) electrons. The van der Waals surface area contributed by atoms with Crippen LogP contribution in [0.2, 0.25) is 0 Å². The van der Waals surface area contributed by atoms with Crippen molar-refractivity contribution in [2.45, 2.75) is 50.8 Å². The number of hydrogen-bond acceptors (Lipinski definition) is 7. The van der Waals surface area contributed by atoms with Crippen molar-refractivity contribution in [1.82, 2.24) is 15.0 Å². The highest BCUT2D eigenvalue weighted by molar-refractivity contribution is 7.15. The number of thiazole rings is 1. The molecule has 194 valence electrons. The van der Waals surface area contributed by atoms with E-state index < -0.39 is 23.3 Å². The van der Waals surface area contributed by atoms with E-state index >= 15 is 0 Å². The predicted octanol–water partition coefficient (Wildman–Crippen LogP) is 6.39. The Bertz CT molecular complexity index is 1350. The number of aliphatic carboxylic acids is 1. The van der Waals surface area contributed by atoms with E-state index in [1.54, 1.807) is 30.5 Å². The zero-order chi connectivity index (χ0) is 26.6. The number of aliphatic hydroxyl groups is 1. The van der Waals surface area contributed by atoms with Crippen LogP contribution < -0.4 is 5.32 Å². The Kier molecular flexibility index (Phi) is 7.74. The number of rotatable bonds is 5. The standard InChI is InChI=1S/C26H25F3N4O3S/c1-16-12-19(32-22(13-16)33-21-14-18(8-11-30-21)26(27,28)29)20-15-31-24(37-20)25(36)9-4-2-6-17(23(34)35)7-3-5-10-25/h2,4,6,8,11-15,36H,3,5,7,9-10H2,1H3,(H,34,35)(H,30,32,33)/b4-2-,17-6+. The summed E-state index contributed by atoms with van der Waals surface area (Å²) in [7, 11) is 0. The summed E-state index contributed by atoms with van der Waals surface area (Å²) in [6.07, 6.45) is 5.55. The van der Waals surface area contributed by atoms with Gasteiger partial charge in [0.1, 0.15) is 22.2 Å². The minimum absolute atomic E-state index is 0.0200. The summed E-state index contributed by atoms with van der Waals surface area (Å²) in [5.74, 6) is -0.585. The topological polar surface area (TPSA) is 108 Å². The fraction of sp³-hybridized carbons (Fsp3) is 0.308. The predicted molar refractivity (Wildman–Crippen MR) is 134 cm³/mol. The summed E-state index contributed by atoms with van der Waals surface area (Å²) in [6, 6.07) is 5.36. The highest BCUT2D eigenvalue weighted by Crippen LogP contribution is 2.38. The number of carbonyl (C=O) groups is 1. The maximum atomic E-state index is 13.1. The first-order chi connectivity index (χ1) is 17.5. The van der Waals surface area contributed by atoms with Crippen molar-refractivity contribution >= 4 is 28.9 Å². The molecule has 0 bridgehead atoms. The highest BCUT2D eigenvalue weighted by atomic mass is 32.1. The second kappa shape index (κ2) is 10.8. The quantitative estimate of drug-likeness (QED) is 0.351. The minimum Gasteiger partial charge on any atom is -0.478 e. The normalized spacial score (nSPS) is 21.1. The molecule has 3 heterocycles. The Morgan fingerprint density at radius 1 is 1.16 bits per heavy atom. The van der Waals surface area contributed by atoms with Gasteiger partial charge in [0.05, 0.1) is 16.1 Å². The number of aromatic nitrogens is 3. The van der Waals surface area contributed by atoms with Crippen LogP contribution in [0.15, 0.2) is 60.5 Å². The Hall–Kier alpha value is -3.57. The Labute approximate surface area is 215 Å². The van der Waals surface area contributed by atoms with Gasteiger partial charge >= 0.3 is 12.1 Å². The van der Waals surface area contributed by atoms with Gasteiger partial charge in [-0.1, -0.05) is 18.2 Å². The van der Waals surface area contributed by atoms with Gasteiger partial charge in [-0.25, -0.2) is 19.7 Å². The van der Waals surface area contributed by atoms with Crippen LogP contribution in [0.1, 0.15) is 48.2 Å². The number of carboxylic acid groups (broad SMARTS) is 1. The van der Waals surface area contributed by atoms with Crippen molar-refractivity contribution in [2.75, 3.05) is 5.32 Å². The number of nitrogens with one attached hydrogen (secondary N) is 1. The van der Waals surface area contributed by atoms with E-state index in [4.69, 9.17) is 0 Å². The van der Waals surface area contributed by atoms with Crippen molar-refractivity contribution in [3.63, 3.8) is 0 Å². The molecule has 0 aromatic carbocycles. The second-order valence-corrected chi connectivity index (χ2v) is 9.90. The molecule has 3 aromatic rings. The van der Waals surface area contributed by atoms with Gasteiger partial charge in [-0.2, -0.15) is 13.2 Å². The van der Waals surface area contributed by atoms with E-state index in [9.17, 15) is 28.2 Å². The smallest absolute Gasteiger partial charge is 0.416 e. The average Bonchev–Trinajstić information content (AvgIpc) is 3.34. The first-order valence-corrected chi connectivity index (χ1v) is 12.4. The molecule has 1 aliphatic rings. The van der Waals surface area contributed by atoms with Crippen LogP contribution in [-0.2, 0) is 16.6 Å². The van der Waals surface area contributed by atoms with Crippen LogP contribution in [0.25, 0.3) is 10.6 Å². The SMILES string of the molecule is Cc1cc(Nc2cc(C(F)(F)F)ccn2)nc(-c2cnc(C3(O)C/C=C\C=C(\C(=O)O)CCCC3)s2)c1. The fourth-order valence-electron chi connectivity index (χ4n) is 4.01. The van der Waals surface area contributed by atoms with E-state index in [0.29, 0.717) is 52.7 Å². The molecule has 0 spiro atoms. The van der Waals surface area contributed by atoms with Gasteiger partial charge in [-0.05, 0) is 62.4 Å². The number of anilines is 2. The van der Waals surface area contributed by atoms with Gasteiger partial charge < -0.3 is 15.5 Å². The molecule has 0 amide bonds. The average molecular weight is 531 g/mol. The van der Waals surface area contributed by atoms with E-state index in [-0.39, 0.29) is 12.2 Å². The largest absolute Gasteiger partial charge is 0.478 e. The van der Waals surface area contributed by atoms with E-state index in [1.807, 2.05) is 13.0 Å². The van der Waals surface area contributed by atoms with Gasteiger partial charge in [0, 0.05) is 24.4 Å². The molecule has 7 nitrogen and oxygen atoms in total. The minimum atomic E-state index is -4.48. The molecule has 0 aliphatic heterocycles. The molecular formula is C26H25F3N4O3S. The highest BCUT2D eigenvalue weighted by Gasteiger charge is 2.32. The molecule has 3 aromatic heterocycles. The summed E-state index contributed by atoms with van der Waals surface area (Å²) in [4.78, 5) is 25.0. The molecule has 11 heteroatoms. The fourth-order valence-corrected chi connectivity index (χ4v) is 5.01. The van der Waals surface area contributed by atoms with Crippen molar-refractivity contribution < 1.29 is 28.2 Å². The summed E-state index contributed by atoms with van der Waals surface area (Å²) >= 11 is 1.30.